The van der Waals surface area contributed by atoms with Crippen molar-refractivity contribution in [2.45, 2.75) is 6.54 Å². The highest BCUT2D eigenvalue weighted by Gasteiger charge is 2.08. The minimum Gasteiger partial charge on any atom is -0.344 e. The van der Waals surface area contributed by atoms with E-state index in [1.807, 2.05) is 0 Å². The highest BCUT2D eigenvalue weighted by atomic mass is 19.1. The van der Waals surface area contributed by atoms with Gasteiger partial charge in [0.1, 0.15) is 12.1 Å². The molecular formula is C16H12FN5O. The molecule has 0 atom stereocenters. The second kappa shape index (κ2) is 6.69. The van der Waals surface area contributed by atoms with Crippen LogP contribution in [0.4, 0.5) is 4.39 Å². The Morgan fingerprint density at radius 2 is 1.78 bits per heavy atom. The summed E-state index contributed by atoms with van der Waals surface area (Å²) >= 11 is 0. The van der Waals surface area contributed by atoms with Crippen molar-refractivity contribution in [3.8, 4) is 11.3 Å². The third-order valence-corrected chi connectivity index (χ3v) is 3.06. The first-order valence-corrected chi connectivity index (χ1v) is 6.84. The van der Waals surface area contributed by atoms with E-state index in [9.17, 15) is 9.18 Å². The quantitative estimate of drug-likeness (QED) is 0.797. The van der Waals surface area contributed by atoms with Crippen LogP contribution in [0.2, 0.25) is 0 Å². The third-order valence-electron chi connectivity index (χ3n) is 3.06. The van der Waals surface area contributed by atoms with Gasteiger partial charge >= 0.3 is 0 Å². The SMILES string of the molecule is O=C(NCc1cc(-c2ccc(F)cc2)ncn1)c1ncccn1. The van der Waals surface area contributed by atoms with E-state index in [2.05, 4.69) is 25.3 Å². The van der Waals surface area contributed by atoms with Crippen molar-refractivity contribution in [3.63, 3.8) is 0 Å². The monoisotopic (exact) mass is 309 g/mol. The molecule has 3 rings (SSSR count). The molecule has 1 aromatic carbocycles. The van der Waals surface area contributed by atoms with Gasteiger partial charge in [0.2, 0.25) is 5.82 Å². The molecule has 3 aromatic rings. The maximum atomic E-state index is 13.0. The first-order valence-electron chi connectivity index (χ1n) is 6.84. The Hall–Kier alpha value is -3.22. The lowest BCUT2D eigenvalue weighted by Gasteiger charge is -2.05. The normalized spacial score (nSPS) is 10.3. The van der Waals surface area contributed by atoms with Crippen molar-refractivity contribution < 1.29 is 9.18 Å². The van der Waals surface area contributed by atoms with Crippen molar-refractivity contribution >= 4 is 5.91 Å². The molecule has 1 amide bonds. The number of carbonyl (C=O) groups excluding carboxylic acids is 1. The zero-order valence-electron chi connectivity index (χ0n) is 12.0. The minimum atomic E-state index is -0.382. The number of aromatic nitrogens is 4. The van der Waals surface area contributed by atoms with E-state index in [0.717, 1.165) is 5.56 Å². The Morgan fingerprint density at radius 1 is 1.04 bits per heavy atom. The molecule has 0 saturated heterocycles. The molecule has 0 saturated carbocycles. The van der Waals surface area contributed by atoms with Crippen LogP contribution in [-0.2, 0) is 6.54 Å². The van der Waals surface area contributed by atoms with E-state index >= 15 is 0 Å². The van der Waals surface area contributed by atoms with Gasteiger partial charge in [-0.25, -0.2) is 24.3 Å². The number of rotatable bonds is 4. The molecule has 0 radical (unpaired) electrons. The Morgan fingerprint density at radius 3 is 2.52 bits per heavy atom. The summed E-state index contributed by atoms with van der Waals surface area (Å²) < 4.78 is 13.0. The molecule has 1 N–H and O–H groups in total. The van der Waals surface area contributed by atoms with Crippen molar-refractivity contribution in [2.75, 3.05) is 0 Å². The van der Waals surface area contributed by atoms with E-state index in [4.69, 9.17) is 0 Å². The topological polar surface area (TPSA) is 80.7 Å². The fourth-order valence-corrected chi connectivity index (χ4v) is 1.94. The van der Waals surface area contributed by atoms with E-state index in [0.29, 0.717) is 11.4 Å². The Bertz CT molecular complexity index is 808. The fourth-order valence-electron chi connectivity index (χ4n) is 1.94. The molecule has 2 aromatic heterocycles. The van der Waals surface area contributed by atoms with Gasteiger partial charge in [0.25, 0.3) is 5.91 Å². The maximum absolute atomic E-state index is 13.0. The van der Waals surface area contributed by atoms with Gasteiger partial charge in [-0.1, -0.05) is 0 Å². The van der Waals surface area contributed by atoms with Crippen LogP contribution >= 0.6 is 0 Å². The Balaban J connectivity index is 1.71. The standard InChI is InChI=1S/C16H12FN5O/c17-12-4-2-11(3-5-12)14-8-13(21-10-22-14)9-20-16(23)15-18-6-1-7-19-15/h1-8,10H,9H2,(H,20,23). The second-order valence-corrected chi connectivity index (χ2v) is 4.66. The van der Waals surface area contributed by atoms with Crippen molar-refractivity contribution in [2.24, 2.45) is 0 Å². The molecule has 0 aliphatic rings. The van der Waals surface area contributed by atoms with Gasteiger partial charge in [0.05, 0.1) is 17.9 Å². The lowest BCUT2D eigenvalue weighted by atomic mass is 10.1. The number of nitrogens with one attached hydrogen (secondary N) is 1. The smallest absolute Gasteiger partial charge is 0.289 e. The Kier molecular flexibility index (Phi) is 4.28. The van der Waals surface area contributed by atoms with Crippen LogP contribution in [0.1, 0.15) is 16.3 Å². The summed E-state index contributed by atoms with van der Waals surface area (Å²) in [6.45, 7) is 0.216. The summed E-state index contributed by atoms with van der Waals surface area (Å²) in [6, 6.07) is 9.38. The fraction of sp³-hybridized carbons (Fsp3) is 0.0625. The summed E-state index contributed by atoms with van der Waals surface area (Å²) in [7, 11) is 0. The van der Waals surface area contributed by atoms with Crippen LogP contribution in [0.5, 0.6) is 0 Å². The predicted octanol–water partition coefficient (Wildman–Crippen LogP) is 2.00. The lowest BCUT2D eigenvalue weighted by Crippen LogP contribution is -2.25. The molecule has 7 heteroatoms. The molecule has 114 valence electrons. The molecule has 23 heavy (non-hydrogen) atoms. The zero-order valence-corrected chi connectivity index (χ0v) is 12.0. The first kappa shape index (κ1) is 14.7. The van der Waals surface area contributed by atoms with Gasteiger partial charge in [-0.3, -0.25) is 4.79 Å². The van der Waals surface area contributed by atoms with Gasteiger partial charge in [-0.05, 0) is 36.4 Å². The highest BCUT2D eigenvalue weighted by molar-refractivity contribution is 5.90. The van der Waals surface area contributed by atoms with E-state index in [-0.39, 0.29) is 24.1 Å². The largest absolute Gasteiger partial charge is 0.344 e. The molecular weight excluding hydrogens is 297 g/mol. The van der Waals surface area contributed by atoms with Gasteiger partial charge in [0, 0.05) is 18.0 Å². The molecule has 0 fully saturated rings. The van der Waals surface area contributed by atoms with Crippen LogP contribution in [0.25, 0.3) is 11.3 Å². The van der Waals surface area contributed by atoms with Gasteiger partial charge in [-0.2, -0.15) is 0 Å². The average molecular weight is 309 g/mol. The number of hydrogen-bond acceptors (Lipinski definition) is 5. The van der Waals surface area contributed by atoms with E-state index in [1.54, 1.807) is 24.3 Å². The number of carbonyl (C=O) groups is 1. The number of amides is 1. The molecule has 6 nitrogen and oxygen atoms in total. The molecule has 0 aliphatic heterocycles. The summed E-state index contributed by atoms with van der Waals surface area (Å²) in [4.78, 5) is 27.9. The van der Waals surface area contributed by atoms with Crippen LogP contribution in [0, 0.1) is 5.82 Å². The summed E-state index contributed by atoms with van der Waals surface area (Å²) in [5.41, 5.74) is 2.05. The van der Waals surface area contributed by atoms with Crippen molar-refractivity contribution in [1.29, 1.82) is 0 Å². The summed E-state index contributed by atoms with van der Waals surface area (Å²) in [5, 5.41) is 2.69. The lowest BCUT2D eigenvalue weighted by molar-refractivity contribution is 0.0940. The van der Waals surface area contributed by atoms with Crippen LogP contribution in [0.3, 0.4) is 0 Å². The van der Waals surface area contributed by atoms with Crippen LogP contribution in [-0.4, -0.2) is 25.8 Å². The van der Waals surface area contributed by atoms with Gasteiger partial charge < -0.3 is 5.32 Å². The minimum absolute atomic E-state index is 0.0975. The number of hydrogen-bond donors (Lipinski definition) is 1. The Labute approximate surface area is 131 Å². The zero-order chi connectivity index (χ0) is 16.1. The van der Waals surface area contributed by atoms with Crippen LogP contribution < -0.4 is 5.32 Å². The molecule has 0 bridgehead atoms. The molecule has 0 spiro atoms. The number of nitrogens with zero attached hydrogens (tertiary/aromatic N) is 4. The van der Waals surface area contributed by atoms with E-state index in [1.165, 1.54) is 30.9 Å². The highest BCUT2D eigenvalue weighted by Crippen LogP contribution is 2.17. The molecule has 2 heterocycles. The predicted molar refractivity (Wildman–Crippen MR) is 80.6 cm³/mol. The van der Waals surface area contributed by atoms with Gasteiger partial charge in [0.15, 0.2) is 0 Å². The number of halogens is 1. The van der Waals surface area contributed by atoms with E-state index < -0.39 is 0 Å². The van der Waals surface area contributed by atoms with Crippen molar-refractivity contribution in [1.82, 2.24) is 25.3 Å². The number of benzene rings is 1. The van der Waals surface area contributed by atoms with Crippen LogP contribution in [0.15, 0.2) is 55.1 Å². The second-order valence-electron chi connectivity index (χ2n) is 4.66. The first-order chi connectivity index (χ1) is 11.2. The molecule has 0 aliphatic carbocycles. The average Bonchev–Trinajstić information content (AvgIpc) is 2.61. The summed E-state index contributed by atoms with van der Waals surface area (Å²) in [6.07, 6.45) is 4.40. The van der Waals surface area contributed by atoms with Gasteiger partial charge in [-0.15, -0.1) is 0 Å². The summed E-state index contributed by atoms with van der Waals surface area (Å²) in [5.74, 6) is -0.592. The third kappa shape index (κ3) is 3.70. The maximum Gasteiger partial charge on any atom is 0.289 e. The van der Waals surface area contributed by atoms with Crippen molar-refractivity contribution in [3.05, 3.63) is 72.5 Å². The molecule has 0 unspecified atom stereocenters.